The molecule has 27 heavy (non-hydrogen) atoms. The smallest absolute Gasteiger partial charge is 0.407 e. The molecule has 0 aliphatic heterocycles. The van der Waals surface area contributed by atoms with Crippen molar-refractivity contribution in [1.82, 2.24) is 5.32 Å². The van der Waals surface area contributed by atoms with E-state index in [1.54, 1.807) is 19.2 Å². The van der Waals surface area contributed by atoms with E-state index in [1.807, 2.05) is 45.0 Å². The Kier molecular flexibility index (Phi) is 7.22. The van der Waals surface area contributed by atoms with Crippen LogP contribution >= 0.6 is 11.6 Å². The Morgan fingerprint density at radius 3 is 2.33 bits per heavy atom. The van der Waals surface area contributed by atoms with Crippen LogP contribution in [0.5, 0.6) is 0 Å². The van der Waals surface area contributed by atoms with E-state index in [1.165, 1.54) is 6.07 Å². The normalized spacial score (nSPS) is 12.5. The Labute approximate surface area is 164 Å². The number of nitrogens with one attached hydrogen (secondary N) is 1. The first-order valence-electron chi connectivity index (χ1n) is 8.71. The molecule has 0 saturated heterocycles. The van der Waals surface area contributed by atoms with Crippen LogP contribution in [0, 0.1) is 5.82 Å². The second-order valence-corrected chi connectivity index (χ2v) is 7.69. The van der Waals surface area contributed by atoms with E-state index in [-0.39, 0.29) is 10.9 Å². The summed E-state index contributed by atoms with van der Waals surface area (Å²) in [5, 5.41) is 2.88. The largest absolute Gasteiger partial charge is 0.444 e. The SMILES string of the molecule is COCC(CNC(=O)OC(C)(C)C)c1ccc(-c2ccc(F)c(Cl)c2)cc1. The van der Waals surface area contributed by atoms with Gasteiger partial charge in [-0.15, -0.1) is 0 Å². The lowest BCUT2D eigenvalue weighted by Gasteiger charge is -2.22. The maximum absolute atomic E-state index is 13.3. The standard InChI is InChI=1S/C21H25ClFNO3/c1-21(2,3)27-20(25)24-12-17(13-26-4)15-7-5-14(6-8-15)16-9-10-19(23)18(22)11-16/h5-11,17H,12-13H2,1-4H3,(H,24,25). The highest BCUT2D eigenvalue weighted by Gasteiger charge is 2.18. The lowest BCUT2D eigenvalue weighted by molar-refractivity contribution is 0.0518. The van der Waals surface area contributed by atoms with E-state index in [0.29, 0.717) is 13.2 Å². The van der Waals surface area contributed by atoms with E-state index in [2.05, 4.69) is 5.32 Å². The van der Waals surface area contributed by atoms with Crippen molar-refractivity contribution in [3.8, 4) is 11.1 Å². The van der Waals surface area contributed by atoms with Crippen molar-refractivity contribution in [2.75, 3.05) is 20.3 Å². The van der Waals surface area contributed by atoms with Crippen LogP contribution in [0.4, 0.5) is 9.18 Å². The van der Waals surface area contributed by atoms with Gasteiger partial charge in [0.05, 0.1) is 11.6 Å². The number of amides is 1. The summed E-state index contributed by atoms with van der Waals surface area (Å²) in [6.07, 6.45) is -0.457. The van der Waals surface area contributed by atoms with Crippen LogP contribution in [0.25, 0.3) is 11.1 Å². The van der Waals surface area contributed by atoms with Crippen molar-refractivity contribution in [2.45, 2.75) is 32.3 Å². The van der Waals surface area contributed by atoms with Crippen LogP contribution in [0.2, 0.25) is 5.02 Å². The van der Waals surface area contributed by atoms with Crippen molar-refractivity contribution >= 4 is 17.7 Å². The summed E-state index contributed by atoms with van der Waals surface area (Å²) in [5.41, 5.74) is 2.24. The third-order valence-corrected chi connectivity index (χ3v) is 4.18. The Balaban J connectivity index is 2.08. The highest BCUT2D eigenvalue weighted by atomic mass is 35.5. The number of hydrogen-bond donors (Lipinski definition) is 1. The minimum atomic E-state index is -0.543. The lowest BCUT2D eigenvalue weighted by Crippen LogP contribution is -2.35. The van der Waals surface area contributed by atoms with Gasteiger partial charge in [-0.05, 0) is 49.6 Å². The first-order valence-corrected chi connectivity index (χ1v) is 9.08. The molecular weight excluding hydrogens is 369 g/mol. The Morgan fingerprint density at radius 1 is 1.15 bits per heavy atom. The van der Waals surface area contributed by atoms with Crippen LogP contribution < -0.4 is 5.32 Å². The summed E-state index contributed by atoms with van der Waals surface area (Å²) in [6, 6.07) is 12.4. The molecule has 4 nitrogen and oxygen atoms in total. The molecule has 1 atom stereocenters. The summed E-state index contributed by atoms with van der Waals surface area (Å²) < 4.78 is 23.9. The second kappa shape index (κ2) is 9.20. The lowest BCUT2D eigenvalue weighted by atomic mass is 9.96. The molecular formula is C21H25ClFNO3. The van der Waals surface area contributed by atoms with Crippen molar-refractivity contribution in [1.29, 1.82) is 0 Å². The van der Waals surface area contributed by atoms with Gasteiger partial charge in [-0.25, -0.2) is 9.18 Å². The number of halogens is 2. The van der Waals surface area contributed by atoms with Crippen LogP contribution in [-0.2, 0) is 9.47 Å². The zero-order valence-electron chi connectivity index (χ0n) is 16.0. The molecule has 0 radical (unpaired) electrons. The third-order valence-electron chi connectivity index (χ3n) is 3.89. The molecule has 0 spiro atoms. The molecule has 2 aromatic carbocycles. The van der Waals surface area contributed by atoms with E-state index >= 15 is 0 Å². The summed E-state index contributed by atoms with van der Waals surface area (Å²) in [4.78, 5) is 11.9. The van der Waals surface area contributed by atoms with Crippen LogP contribution in [0.1, 0.15) is 32.3 Å². The first-order chi connectivity index (χ1) is 12.7. The van der Waals surface area contributed by atoms with Crippen LogP contribution in [-0.4, -0.2) is 32.0 Å². The average molecular weight is 394 g/mol. The maximum atomic E-state index is 13.3. The van der Waals surface area contributed by atoms with Gasteiger partial charge in [0, 0.05) is 19.6 Å². The maximum Gasteiger partial charge on any atom is 0.407 e. The van der Waals surface area contributed by atoms with Gasteiger partial charge >= 0.3 is 6.09 Å². The van der Waals surface area contributed by atoms with Gasteiger partial charge in [-0.1, -0.05) is 41.9 Å². The van der Waals surface area contributed by atoms with E-state index < -0.39 is 17.5 Å². The minimum absolute atomic E-state index is 0.0200. The van der Waals surface area contributed by atoms with Crippen molar-refractivity contribution in [3.63, 3.8) is 0 Å². The van der Waals surface area contributed by atoms with Gasteiger partial charge in [0.25, 0.3) is 0 Å². The fraction of sp³-hybridized carbons (Fsp3) is 0.381. The number of ether oxygens (including phenoxy) is 2. The van der Waals surface area contributed by atoms with E-state index in [4.69, 9.17) is 21.1 Å². The third kappa shape index (κ3) is 6.52. The molecule has 1 unspecified atom stereocenters. The monoisotopic (exact) mass is 393 g/mol. The van der Waals surface area contributed by atoms with Gasteiger partial charge in [0.15, 0.2) is 0 Å². The van der Waals surface area contributed by atoms with Gasteiger partial charge < -0.3 is 14.8 Å². The fourth-order valence-electron chi connectivity index (χ4n) is 2.62. The Hall–Kier alpha value is -2.11. The molecule has 0 aliphatic carbocycles. The van der Waals surface area contributed by atoms with Gasteiger partial charge in [0.1, 0.15) is 11.4 Å². The van der Waals surface area contributed by atoms with E-state index in [9.17, 15) is 9.18 Å². The quantitative estimate of drug-likeness (QED) is 0.714. The summed E-state index contributed by atoms with van der Waals surface area (Å²) in [7, 11) is 1.62. The molecule has 2 aromatic rings. The van der Waals surface area contributed by atoms with Crippen LogP contribution in [0.3, 0.4) is 0 Å². The molecule has 0 saturated carbocycles. The molecule has 0 fully saturated rings. The second-order valence-electron chi connectivity index (χ2n) is 7.29. The summed E-state index contributed by atoms with van der Waals surface area (Å²) in [6.45, 7) is 6.31. The predicted molar refractivity (Wildman–Crippen MR) is 106 cm³/mol. The first kappa shape index (κ1) is 21.2. The van der Waals surface area contributed by atoms with Gasteiger partial charge in [-0.3, -0.25) is 0 Å². The molecule has 1 amide bonds. The predicted octanol–water partition coefficient (Wildman–Crippen LogP) is 5.40. The van der Waals surface area contributed by atoms with Crippen molar-refractivity contribution < 1.29 is 18.7 Å². The average Bonchev–Trinajstić information content (AvgIpc) is 2.60. The molecule has 146 valence electrons. The topological polar surface area (TPSA) is 47.6 Å². The molecule has 2 rings (SSSR count). The summed E-state index contributed by atoms with van der Waals surface area (Å²) >= 11 is 5.86. The molecule has 0 heterocycles. The van der Waals surface area contributed by atoms with Crippen molar-refractivity contribution in [2.24, 2.45) is 0 Å². The van der Waals surface area contributed by atoms with Gasteiger partial charge in [0.2, 0.25) is 0 Å². The molecule has 1 N–H and O–H groups in total. The fourth-order valence-corrected chi connectivity index (χ4v) is 2.80. The Bertz CT molecular complexity index is 772. The molecule has 6 heteroatoms. The Morgan fingerprint density at radius 2 is 1.78 bits per heavy atom. The number of hydrogen-bond acceptors (Lipinski definition) is 3. The number of benzene rings is 2. The number of alkyl carbamates (subject to hydrolysis) is 1. The highest BCUT2D eigenvalue weighted by Crippen LogP contribution is 2.26. The van der Waals surface area contributed by atoms with Crippen molar-refractivity contribution in [3.05, 3.63) is 58.9 Å². The van der Waals surface area contributed by atoms with Crippen LogP contribution in [0.15, 0.2) is 42.5 Å². The number of methoxy groups -OCH3 is 1. The highest BCUT2D eigenvalue weighted by molar-refractivity contribution is 6.31. The molecule has 0 bridgehead atoms. The van der Waals surface area contributed by atoms with E-state index in [0.717, 1.165) is 16.7 Å². The number of carbonyl (C=O) groups excluding carboxylic acids is 1. The van der Waals surface area contributed by atoms with Gasteiger partial charge in [-0.2, -0.15) is 0 Å². The molecule has 0 aliphatic rings. The molecule has 0 aromatic heterocycles. The zero-order chi connectivity index (χ0) is 20.0. The minimum Gasteiger partial charge on any atom is -0.444 e. The number of carbonyl (C=O) groups is 1. The summed E-state index contributed by atoms with van der Waals surface area (Å²) in [5.74, 6) is -0.459. The zero-order valence-corrected chi connectivity index (χ0v) is 16.8. The number of rotatable bonds is 6.